The van der Waals surface area contributed by atoms with Gasteiger partial charge in [0.1, 0.15) is 47.3 Å². The minimum absolute atomic E-state index is 0.0693. The lowest BCUT2D eigenvalue weighted by molar-refractivity contribution is -0.0290. The molecule has 0 aromatic carbocycles. The first-order valence-electron chi connectivity index (χ1n) is 9.27. The van der Waals surface area contributed by atoms with E-state index in [1.165, 1.54) is 12.7 Å². The largest absolute Gasteiger partial charge is 0.726 e. The van der Waals surface area contributed by atoms with Crippen LogP contribution in [-0.4, -0.2) is 88.9 Å². The van der Waals surface area contributed by atoms with Crippen molar-refractivity contribution >= 4 is 38.3 Å². The maximum absolute atomic E-state index is 10.5. The van der Waals surface area contributed by atoms with E-state index in [0.29, 0.717) is 22.2 Å². The van der Waals surface area contributed by atoms with Gasteiger partial charge in [-0.15, -0.1) is 0 Å². The van der Waals surface area contributed by atoms with Gasteiger partial charge in [-0.3, -0.25) is 14.0 Å². The number of rotatable bonds is 5. The molecule has 0 saturated carbocycles. The summed E-state index contributed by atoms with van der Waals surface area (Å²) in [5, 5.41) is 21.4. The monoisotopic (exact) mass is 492 g/mol. The van der Waals surface area contributed by atoms with Gasteiger partial charge in [-0.05, 0) is 17.0 Å². The Hall–Kier alpha value is -1.89. The molecule has 7 N–H and O–H groups in total. The Morgan fingerprint density at radius 3 is 2.62 bits per heavy atom. The number of imidazole rings is 1. The van der Waals surface area contributed by atoms with Crippen molar-refractivity contribution in [3.63, 3.8) is 0 Å². The molecule has 16 heteroatoms. The van der Waals surface area contributed by atoms with E-state index in [9.17, 15) is 10.2 Å². The second-order valence-corrected chi connectivity index (χ2v) is 10.4. The van der Waals surface area contributed by atoms with Crippen LogP contribution in [0.1, 0.15) is 12.6 Å². The first kappa shape index (κ1) is 24.7. The fraction of sp³-hybridized carbons (Fsp3) is 0.562. The molecule has 7 atom stereocenters. The summed E-state index contributed by atoms with van der Waals surface area (Å²) in [6.45, 7) is 0. The molecule has 0 spiro atoms. The lowest BCUT2D eigenvalue weighted by Gasteiger charge is -2.17. The van der Waals surface area contributed by atoms with Crippen LogP contribution < -0.4 is 11.6 Å². The van der Waals surface area contributed by atoms with Gasteiger partial charge in [-0.1, -0.05) is 6.08 Å². The molecule has 0 radical (unpaired) electrons. The SMILES string of the molecule is C[S+](C[C@H]1O[C@@H](n2cnc3c(N)ncnc32)[C@H](O)[C@@H]1O)[C@@H]1C=C[C@@H](ON)C1.O=S(=O)([O-])O. The maximum Gasteiger partial charge on any atom is 0.215 e. The number of anilines is 1. The number of aliphatic hydroxyl groups excluding tert-OH is 2. The number of hydrogen-bond donors (Lipinski definition) is 5. The average Bonchev–Trinajstić information content (AvgIpc) is 3.41. The highest BCUT2D eigenvalue weighted by Crippen LogP contribution is 2.33. The summed E-state index contributed by atoms with van der Waals surface area (Å²) in [5.41, 5.74) is 6.70. The van der Waals surface area contributed by atoms with Crippen LogP contribution >= 0.6 is 0 Å². The minimum atomic E-state index is -4.92. The van der Waals surface area contributed by atoms with E-state index in [4.69, 9.17) is 38.7 Å². The van der Waals surface area contributed by atoms with E-state index in [1.54, 1.807) is 4.57 Å². The smallest absolute Gasteiger partial charge is 0.215 e. The van der Waals surface area contributed by atoms with Crippen molar-refractivity contribution in [1.82, 2.24) is 19.5 Å². The normalized spacial score (nSPS) is 30.9. The zero-order valence-corrected chi connectivity index (χ0v) is 18.5. The van der Waals surface area contributed by atoms with Crippen molar-refractivity contribution in [3.05, 3.63) is 24.8 Å². The van der Waals surface area contributed by atoms with Gasteiger partial charge in [-0.2, -0.15) is 0 Å². The molecule has 1 unspecified atom stereocenters. The van der Waals surface area contributed by atoms with Gasteiger partial charge in [0.25, 0.3) is 0 Å². The van der Waals surface area contributed by atoms with Crippen molar-refractivity contribution in [1.29, 1.82) is 0 Å². The molecule has 32 heavy (non-hydrogen) atoms. The van der Waals surface area contributed by atoms with E-state index < -0.39 is 34.9 Å². The molecule has 1 aliphatic heterocycles. The van der Waals surface area contributed by atoms with E-state index >= 15 is 0 Å². The molecular formula is C16H24N6O8S2. The molecule has 2 aromatic heterocycles. The summed E-state index contributed by atoms with van der Waals surface area (Å²) in [7, 11) is -4.99. The Kier molecular flexibility index (Phi) is 7.69. The third kappa shape index (κ3) is 5.72. The average molecular weight is 493 g/mol. The number of aromatic nitrogens is 4. The zero-order chi connectivity index (χ0) is 23.6. The number of nitrogens with two attached hydrogens (primary N) is 2. The zero-order valence-electron chi connectivity index (χ0n) is 16.8. The fourth-order valence-electron chi connectivity index (χ4n) is 3.57. The quantitative estimate of drug-likeness (QED) is 0.0987. The Morgan fingerprint density at radius 2 is 2.00 bits per heavy atom. The van der Waals surface area contributed by atoms with Crippen molar-refractivity contribution in [2.75, 3.05) is 17.7 Å². The molecule has 178 valence electrons. The van der Waals surface area contributed by atoms with Crippen LogP contribution in [0.5, 0.6) is 0 Å². The summed E-state index contributed by atoms with van der Waals surface area (Å²) in [5.74, 6) is 6.12. The number of hydrogen-bond acceptors (Lipinski definition) is 12. The van der Waals surface area contributed by atoms with Crippen molar-refractivity contribution in [2.24, 2.45) is 5.90 Å². The molecule has 0 amide bonds. The molecule has 3 heterocycles. The Morgan fingerprint density at radius 1 is 1.31 bits per heavy atom. The predicted molar refractivity (Wildman–Crippen MR) is 113 cm³/mol. The summed E-state index contributed by atoms with van der Waals surface area (Å²) in [6.07, 6.45) is 6.34. The van der Waals surface area contributed by atoms with Crippen LogP contribution in [0.15, 0.2) is 24.8 Å². The first-order chi connectivity index (χ1) is 15.0. The van der Waals surface area contributed by atoms with E-state index in [2.05, 4.69) is 27.3 Å². The van der Waals surface area contributed by atoms with E-state index in [1.807, 2.05) is 6.08 Å². The third-order valence-electron chi connectivity index (χ3n) is 5.12. The number of aliphatic hydroxyl groups is 2. The molecule has 2 aliphatic rings. The number of ether oxygens (including phenoxy) is 1. The van der Waals surface area contributed by atoms with Crippen LogP contribution in [0, 0.1) is 0 Å². The molecule has 1 saturated heterocycles. The Labute approximate surface area is 186 Å². The topological polar surface area (TPSA) is 232 Å². The van der Waals surface area contributed by atoms with Gasteiger partial charge in [-0.25, -0.2) is 29.3 Å². The lowest BCUT2D eigenvalue weighted by Crippen LogP contribution is -2.37. The maximum atomic E-state index is 10.5. The van der Waals surface area contributed by atoms with Gasteiger partial charge in [0, 0.05) is 6.42 Å². The Balaban J connectivity index is 0.000000523. The molecule has 4 rings (SSSR count). The molecule has 2 aromatic rings. The van der Waals surface area contributed by atoms with E-state index in [-0.39, 0.29) is 22.8 Å². The van der Waals surface area contributed by atoms with Gasteiger partial charge >= 0.3 is 0 Å². The molecule has 0 bridgehead atoms. The van der Waals surface area contributed by atoms with Crippen molar-refractivity contribution in [2.45, 2.75) is 42.3 Å². The standard InChI is InChI=1S/C16H23N6O4S.H2O4S/c1-27(9-3-2-8(4-9)26-18)5-10-12(23)13(24)16(25-10)22-7-21-11-14(17)19-6-20-15(11)22;1-5(2,3)4/h2-3,6-10,12-13,16,23-24H,4-5,18H2,1H3,(H2,17,19,20);(H2,1,2,3,4)/q+1;/p-1/t8-,9-,10-,12-,13-,16-,27?;/m1./s1. The van der Waals surface area contributed by atoms with E-state index in [0.717, 1.165) is 6.42 Å². The lowest BCUT2D eigenvalue weighted by atomic mass is 10.1. The van der Waals surface area contributed by atoms with Gasteiger partial charge in [0.2, 0.25) is 10.4 Å². The molecular weight excluding hydrogens is 468 g/mol. The van der Waals surface area contributed by atoms with Crippen molar-refractivity contribution < 1.29 is 37.3 Å². The summed E-state index contributed by atoms with van der Waals surface area (Å²) < 4.78 is 40.4. The van der Waals surface area contributed by atoms with Crippen molar-refractivity contribution in [3.8, 4) is 0 Å². The number of nitrogens with zero attached hydrogens (tertiary/aromatic N) is 4. The molecule has 1 aliphatic carbocycles. The second kappa shape index (κ2) is 9.94. The first-order valence-corrected chi connectivity index (χ1v) is 12.5. The van der Waals surface area contributed by atoms with Crippen LogP contribution in [0.25, 0.3) is 11.2 Å². The second-order valence-electron chi connectivity index (χ2n) is 7.25. The Bertz CT molecular complexity index is 1060. The van der Waals surface area contributed by atoms with Crippen LogP contribution in [0.2, 0.25) is 0 Å². The van der Waals surface area contributed by atoms with Gasteiger partial charge < -0.3 is 25.2 Å². The van der Waals surface area contributed by atoms with Crippen LogP contribution in [0.4, 0.5) is 5.82 Å². The molecule has 14 nitrogen and oxygen atoms in total. The van der Waals surface area contributed by atoms with Gasteiger partial charge in [0.05, 0.1) is 12.6 Å². The summed E-state index contributed by atoms with van der Waals surface area (Å²) in [6, 6.07) is 0. The van der Waals surface area contributed by atoms with Crippen LogP contribution in [-0.2, 0) is 30.9 Å². The van der Waals surface area contributed by atoms with Crippen LogP contribution in [0.3, 0.4) is 0 Å². The highest BCUT2D eigenvalue weighted by atomic mass is 32.3. The van der Waals surface area contributed by atoms with Gasteiger partial charge in [0.15, 0.2) is 17.7 Å². The minimum Gasteiger partial charge on any atom is -0.726 e. The highest BCUT2D eigenvalue weighted by Gasteiger charge is 2.47. The summed E-state index contributed by atoms with van der Waals surface area (Å²) >= 11 is 0. The fourth-order valence-corrected chi connectivity index (χ4v) is 5.49. The molecule has 1 fully saturated rings. The highest BCUT2D eigenvalue weighted by molar-refractivity contribution is 7.97. The third-order valence-corrected chi connectivity index (χ3v) is 7.36. The summed E-state index contributed by atoms with van der Waals surface area (Å²) in [4.78, 5) is 17.2. The number of nitrogen functional groups attached to an aromatic ring is 1. The predicted octanol–water partition coefficient (Wildman–Crippen LogP) is -2.13. The number of fused-ring (bicyclic) bond motifs is 1.